The minimum absolute atomic E-state index is 0.202. The summed E-state index contributed by atoms with van der Waals surface area (Å²) in [6.07, 6.45) is 0.978. The molecular formula is C18H11ClF3NO. The van der Waals surface area contributed by atoms with Gasteiger partial charge in [-0.1, -0.05) is 29.7 Å². The molecule has 0 saturated heterocycles. The van der Waals surface area contributed by atoms with E-state index in [0.717, 1.165) is 17.7 Å². The third kappa shape index (κ3) is 2.98. The average molecular weight is 350 g/mol. The van der Waals surface area contributed by atoms with E-state index in [4.69, 9.17) is 18.0 Å². The maximum Gasteiger partial charge on any atom is 0.416 e. The molecule has 0 spiro atoms. The topological polar surface area (TPSA) is 20.3 Å². The van der Waals surface area contributed by atoms with Crippen LogP contribution < -0.4 is 0 Å². The van der Waals surface area contributed by atoms with Gasteiger partial charge in [-0.3, -0.25) is 4.79 Å². The summed E-state index contributed by atoms with van der Waals surface area (Å²) >= 11 is 6.12. The molecule has 0 unspecified atom stereocenters. The van der Waals surface area contributed by atoms with Crippen LogP contribution in [0.4, 0.5) is 13.2 Å². The Labute approximate surface area is 141 Å². The molecule has 1 aliphatic heterocycles. The van der Waals surface area contributed by atoms with E-state index in [2.05, 4.69) is 5.92 Å². The number of alkyl halides is 3. The molecule has 1 aliphatic rings. The quantitative estimate of drug-likeness (QED) is 0.731. The largest absolute Gasteiger partial charge is 0.416 e. The van der Waals surface area contributed by atoms with Crippen LogP contribution in [0.15, 0.2) is 36.4 Å². The zero-order valence-corrected chi connectivity index (χ0v) is 13.1. The summed E-state index contributed by atoms with van der Waals surface area (Å²) in [5.74, 6) is 2.22. The summed E-state index contributed by atoms with van der Waals surface area (Å²) in [5.41, 5.74) is 1.61. The van der Waals surface area contributed by atoms with E-state index in [9.17, 15) is 18.0 Å². The number of hydrogen-bond acceptors (Lipinski definition) is 1. The van der Waals surface area contributed by atoms with Crippen LogP contribution >= 0.6 is 11.6 Å². The van der Waals surface area contributed by atoms with Gasteiger partial charge < -0.3 is 4.90 Å². The van der Waals surface area contributed by atoms with Gasteiger partial charge in [-0.25, -0.2) is 0 Å². The molecule has 6 heteroatoms. The summed E-state index contributed by atoms with van der Waals surface area (Å²) in [4.78, 5) is 14.0. The van der Waals surface area contributed by atoms with E-state index < -0.39 is 11.7 Å². The maximum atomic E-state index is 12.6. The number of benzene rings is 2. The third-order valence-electron chi connectivity index (χ3n) is 3.86. The van der Waals surface area contributed by atoms with Gasteiger partial charge in [0.25, 0.3) is 5.91 Å². The maximum absolute atomic E-state index is 12.6. The van der Waals surface area contributed by atoms with Gasteiger partial charge in [0.15, 0.2) is 0 Å². The van der Waals surface area contributed by atoms with Crippen molar-refractivity contribution >= 4 is 17.5 Å². The predicted octanol–water partition coefficient (Wildman–Crippen LogP) is 4.50. The number of rotatable bonds is 2. The Morgan fingerprint density at radius 2 is 1.88 bits per heavy atom. The summed E-state index contributed by atoms with van der Waals surface area (Å²) in [7, 11) is 0. The minimum Gasteiger partial charge on any atom is -0.330 e. The number of halogens is 4. The van der Waals surface area contributed by atoms with Gasteiger partial charge in [-0.2, -0.15) is 13.2 Å². The summed E-state index contributed by atoms with van der Waals surface area (Å²) in [6.45, 7) is 0.526. The molecule has 1 amide bonds. The van der Waals surface area contributed by atoms with Crippen molar-refractivity contribution in [2.45, 2.75) is 19.3 Å². The van der Waals surface area contributed by atoms with Crippen LogP contribution in [0.2, 0.25) is 5.02 Å². The molecule has 24 heavy (non-hydrogen) atoms. The molecule has 0 aliphatic carbocycles. The Bertz CT molecular complexity index is 850. The number of amides is 1. The number of carbonyl (C=O) groups is 1. The fourth-order valence-electron chi connectivity index (χ4n) is 2.69. The van der Waals surface area contributed by atoms with Crippen LogP contribution in [0.1, 0.15) is 32.6 Å². The Morgan fingerprint density at radius 1 is 1.21 bits per heavy atom. The Balaban J connectivity index is 1.82. The normalized spacial score (nSPS) is 13.8. The van der Waals surface area contributed by atoms with Crippen LogP contribution in [-0.4, -0.2) is 10.8 Å². The second-order valence-corrected chi connectivity index (χ2v) is 5.90. The molecule has 2 nitrogen and oxygen atoms in total. The van der Waals surface area contributed by atoms with E-state index in [0.29, 0.717) is 28.3 Å². The van der Waals surface area contributed by atoms with E-state index in [-0.39, 0.29) is 12.5 Å². The van der Waals surface area contributed by atoms with Crippen LogP contribution in [0.5, 0.6) is 0 Å². The Hall–Kier alpha value is -2.45. The summed E-state index contributed by atoms with van der Waals surface area (Å²) in [5, 5.41) is 0.292. The molecule has 2 aromatic carbocycles. The lowest BCUT2D eigenvalue weighted by molar-refractivity contribution is -0.137. The standard InChI is InChI=1S/C18H11ClF3NO/c1-2-11-7-13-10-23(17(24)16(13)15(19)8-11)9-12-3-5-14(6-4-12)18(20,21)22/h1,3-8H,9-10H2. The molecule has 0 fully saturated rings. The molecular weight excluding hydrogens is 339 g/mol. The molecule has 2 aromatic rings. The van der Waals surface area contributed by atoms with Crippen LogP contribution in [0.3, 0.4) is 0 Å². The van der Waals surface area contributed by atoms with Crippen LogP contribution in [0.25, 0.3) is 0 Å². The summed E-state index contributed by atoms with van der Waals surface area (Å²) < 4.78 is 37.8. The number of carbonyl (C=O) groups excluding carboxylic acids is 1. The fraction of sp³-hybridized carbons (Fsp3) is 0.167. The van der Waals surface area contributed by atoms with Gasteiger partial charge in [0.05, 0.1) is 16.1 Å². The second-order valence-electron chi connectivity index (χ2n) is 5.49. The molecule has 0 atom stereocenters. The molecule has 3 rings (SSSR count). The highest BCUT2D eigenvalue weighted by Crippen LogP contribution is 2.32. The lowest BCUT2D eigenvalue weighted by Gasteiger charge is -2.16. The zero-order valence-electron chi connectivity index (χ0n) is 12.3. The lowest BCUT2D eigenvalue weighted by atomic mass is 10.1. The SMILES string of the molecule is C#Cc1cc(Cl)c2c(c1)CN(Cc1ccc(C(F)(F)F)cc1)C2=O. The minimum atomic E-state index is -4.38. The highest BCUT2D eigenvalue weighted by Gasteiger charge is 2.32. The number of fused-ring (bicyclic) bond motifs is 1. The average Bonchev–Trinajstić information content (AvgIpc) is 2.83. The van der Waals surface area contributed by atoms with Crippen molar-refractivity contribution in [3.8, 4) is 12.3 Å². The summed E-state index contributed by atoms with van der Waals surface area (Å²) in [6, 6.07) is 8.03. The fourth-order valence-corrected chi connectivity index (χ4v) is 3.01. The monoisotopic (exact) mass is 349 g/mol. The lowest BCUT2D eigenvalue weighted by Crippen LogP contribution is -2.23. The first kappa shape index (κ1) is 16.4. The predicted molar refractivity (Wildman–Crippen MR) is 84.4 cm³/mol. The molecule has 0 bridgehead atoms. The Kier molecular flexibility index (Phi) is 4.02. The molecule has 0 saturated carbocycles. The first-order valence-corrected chi connectivity index (χ1v) is 7.42. The van der Waals surface area contributed by atoms with Crippen molar-refractivity contribution in [1.29, 1.82) is 0 Å². The van der Waals surface area contributed by atoms with Crippen molar-refractivity contribution in [3.05, 3.63) is 69.2 Å². The molecule has 1 heterocycles. The van der Waals surface area contributed by atoms with E-state index in [1.54, 1.807) is 12.1 Å². The van der Waals surface area contributed by atoms with Gasteiger partial charge in [0.2, 0.25) is 0 Å². The smallest absolute Gasteiger partial charge is 0.330 e. The first-order chi connectivity index (χ1) is 11.3. The van der Waals surface area contributed by atoms with Gasteiger partial charge in [0.1, 0.15) is 0 Å². The zero-order chi connectivity index (χ0) is 17.5. The third-order valence-corrected chi connectivity index (χ3v) is 4.15. The Morgan fingerprint density at radius 3 is 2.46 bits per heavy atom. The first-order valence-electron chi connectivity index (χ1n) is 7.04. The van der Waals surface area contributed by atoms with Gasteiger partial charge >= 0.3 is 6.18 Å². The second kappa shape index (κ2) is 5.88. The van der Waals surface area contributed by atoms with E-state index in [1.165, 1.54) is 17.0 Å². The highest BCUT2D eigenvalue weighted by molar-refractivity contribution is 6.34. The van der Waals surface area contributed by atoms with E-state index in [1.807, 2.05) is 0 Å². The number of hydrogen-bond donors (Lipinski definition) is 0. The van der Waals surface area contributed by atoms with Crippen molar-refractivity contribution < 1.29 is 18.0 Å². The van der Waals surface area contributed by atoms with Gasteiger partial charge in [0, 0.05) is 18.7 Å². The van der Waals surface area contributed by atoms with Gasteiger partial charge in [-0.15, -0.1) is 6.42 Å². The van der Waals surface area contributed by atoms with Crippen molar-refractivity contribution in [3.63, 3.8) is 0 Å². The molecule has 0 N–H and O–H groups in total. The van der Waals surface area contributed by atoms with Gasteiger partial charge in [-0.05, 0) is 35.4 Å². The number of terminal acetylenes is 1. The van der Waals surface area contributed by atoms with E-state index >= 15 is 0 Å². The molecule has 0 radical (unpaired) electrons. The van der Waals surface area contributed by atoms with Crippen molar-refractivity contribution in [2.75, 3.05) is 0 Å². The molecule has 122 valence electrons. The number of nitrogens with zero attached hydrogens (tertiary/aromatic N) is 1. The van der Waals surface area contributed by atoms with Crippen molar-refractivity contribution in [1.82, 2.24) is 4.90 Å². The molecule has 0 aromatic heterocycles. The van der Waals surface area contributed by atoms with Crippen LogP contribution in [-0.2, 0) is 19.3 Å². The van der Waals surface area contributed by atoms with Crippen LogP contribution in [0, 0.1) is 12.3 Å². The van der Waals surface area contributed by atoms with Crippen molar-refractivity contribution in [2.24, 2.45) is 0 Å². The highest BCUT2D eigenvalue weighted by atomic mass is 35.5.